The van der Waals surface area contributed by atoms with E-state index < -0.39 is 0 Å². The number of rotatable bonds is 0. The lowest BCUT2D eigenvalue weighted by Crippen LogP contribution is -2.07. The van der Waals surface area contributed by atoms with E-state index >= 15 is 0 Å². The zero-order chi connectivity index (χ0) is 13.0. The van der Waals surface area contributed by atoms with Crippen molar-refractivity contribution in [2.45, 2.75) is 67.7 Å². The first-order valence-electron chi connectivity index (χ1n) is 6.86. The van der Waals surface area contributed by atoms with Crippen molar-refractivity contribution < 1.29 is 0 Å². The predicted molar refractivity (Wildman–Crippen MR) is 77.2 cm³/mol. The lowest BCUT2D eigenvalue weighted by atomic mass is 9.88. The molecule has 1 aromatic carbocycles. The highest BCUT2D eigenvalue weighted by Crippen LogP contribution is 2.22. The molecule has 0 radical (unpaired) electrons. The maximum Gasteiger partial charge on any atom is -0.0235 e. The molecular weight excluding hydrogens is 192 g/mol. The second kappa shape index (κ2) is 12.3. The molecular formula is C16H30. The van der Waals surface area contributed by atoms with Gasteiger partial charge in [0.15, 0.2) is 0 Å². The molecule has 16 heavy (non-hydrogen) atoms. The fourth-order valence-corrected chi connectivity index (χ4v) is 1.32. The molecule has 0 nitrogen and oxygen atoms in total. The van der Waals surface area contributed by atoms with E-state index in [2.05, 4.69) is 39.0 Å². The molecule has 1 aliphatic rings. The van der Waals surface area contributed by atoms with Gasteiger partial charge in [0, 0.05) is 0 Å². The van der Waals surface area contributed by atoms with E-state index in [4.69, 9.17) is 0 Å². The first kappa shape index (κ1) is 17.6. The first-order valence-corrected chi connectivity index (χ1v) is 6.86. The van der Waals surface area contributed by atoms with Gasteiger partial charge >= 0.3 is 0 Å². The molecule has 0 heteroatoms. The SMILES string of the molecule is CC.CC.CCC.Cc1ccc2c(c1)CC2. The molecule has 0 amide bonds. The van der Waals surface area contributed by atoms with Gasteiger partial charge in [-0.3, -0.25) is 0 Å². The van der Waals surface area contributed by atoms with Crippen molar-refractivity contribution in [1.82, 2.24) is 0 Å². The van der Waals surface area contributed by atoms with E-state index in [1.54, 1.807) is 11.1 Å². The van der Waals surface area contributed by atoms with Crippen molar-refractivity contribution >= 4 is 0 Å². The highest BCUT2D eigenvalue weighted by Gasteiger charge is 2.10. The molecule has 0 fully saturated rings. The van der Waals surface area contributed by atoms with E-state index in [0.717, 1.165) is 0 Å². The van der Waals surface area contributed by atoms with Crippen LogP contribution in [-0.4, -0.2) is 0 Å². The Morgan fingerprint density at radius 2 is 1.31 bits per heavy atom. The van der Waals surface area contributed by atoms with Crippen molar-refractivity contribution in [2.75, 3.05) is 0 Å². The molecule has 2 rings (SSSR count). The van der Waals surface area contributed by atoms with E-state index in [-0.39, 0.29) is 0 Å². The average molecular weight is 222 g/mol. The van der Waals surface area contributed by atoms with E-state index in [9.17, 15) is 0 Å². The smallest absolute Gasteiger partial charge is 0.0235 e. The van der Waals surface area contributed by atoms with Gasteiger partial charge in [-0.2, -0.15) is 0 Å². The van der Waals surface area contributed by atoms with Crippen molar-refractivity contribution in [1.29, 1.82) is 0 Å². The summed E-state index contributed by atoms with van der Waals surface area (Å²) in [5.74, 6) is 0. The second-order valence-corrected chi connectivity index (χ2v) is 3.48. The fourth-order valence-electron chi connectivity index (χ4n) is 1.32. The predicted octanol–water partition coefficient (Wildman–Crippen LogP) is 5.56. The van der Waals surface area contributed by atoms with Gasteiger partial charge in [0.1, 0.15) is 0 Å². The van der Waals surface area contributed by atoms with Crippen molar-refractivity contribution in [2.24, 2.45) is 0 Å². The lowest BCUT2D eigenvalue weighted by Gasteiger charge is -2.18. The number of benzene rings is 1. The minimum absolute atomic E-state index is 1.25. The summed E-state index contributed by atoms with van der Waals surface area (Å²) in [5, 5.41) is 0. The zero-order valence-corrected chi connectivity index (χ0v) is 12.4. The summed E-state index contributed by atoms with van der Waals surface area (Å²) in [6, 6.07) is 6.73. The van der Waals surface area contributed by atoms with Gasteiger partial charge in [0.25, 0.3) is 0 Å². The normalized spacial score (nSPS) is 9.94. The monoisotopic (exact) mass is 222 g/mol. The molecule has 94 valence electrons. The van der Waals surface area contributed by atoms with Crippen LogP contribution in [0.1, 0.15) is 64.7 Å². The molecule has 0 saturated carbocycles. The van der Waals surface area contributed by atoms with Crippen LogP contribution in [0.5, 0.6) is 0 Å². The molecule has 0 spiro atoms. The number of fused-ring (bicyclic) bond motifs is 1. The molecule has 0 N–H and O–H groups in total. The average Bonchev–Trinajstić information content (AvgIpc) is 2.30. The molecule has 0 bridgehead atoms. The molecule has 1 aliphatic carbocycles. The Kier molecular flexibility index (Phi) is 13.5. The van der Waals surface area contributed by atoms with E-state index in [1.807, 2.05) is 27.7 Å². The molecule has 0 aromatic heterocycles. The third kappa shape index (κ3) is 6.66. The summed E-state index contributed by atoms with van der Waals surface area (Å²) in [6.07, 6.45) is 3.85. The van der Waals surface area contributed by atoms with Crippen LogP contribution in [0.2, 0.25) is 0 Å². The molecule has 0 aliphatic heterocycles. The highest BCUT2D eigenvalue weighted by molar-refractivity contribution is 5.37. The van der Waals surface area contributed by atoms with Crippen LogP contribution in [0.25, 0.3) is 0 Å². The van der Waals surface area contributed by atoms with Gasteiger partial charge < -0.3 is 0 Å². The lowest BCUT2D eigenvalue weighted by molar-refractivity contribution is 0.837. The summed E-state index contributed by atoms with van der Waals surface area (Å²) in [5.41, 5.74) is 4.52. The molecule has 0 heterocycles. The maximum absolute atomic E-state index is 2.29. The molecule has 0 saturated heterocycles. The largest absolute Gasteiger partial charge is 0.0683 e. The van der Waals surface area contributed by atoms with Crippen molar-refractivity contribution in [3.8, 4) is 0 Å². The topological polar surface area (TPSA) is 0 Å². The quantitative estimate of drug-likeness (QED) is 0.539. The Hall–Kier alpha value is -0.780. The van der Waals surface area contributed by atoms with Gasteiger partial charge in [0.2, 0.25) is 0 Å². The van der Waals surface area contributed by atoms with Crippen LogP contribution in [0.15, 0.2) is 18.2 Å². The van der Waals surface area contributed by atoms with Gasteiger partial charge in [-0.1, -0.05) is 71.7 Å². The fraction of sp³-hybridized carbons (Fsp3) is 0.625. The maximum atomic E-state index is 2.29. The Morgan fingerprint density at radius 1 is 0.875 bits per heavy atom. The van der Waals surface area contributed by atoms with Crippen LogP contribution >= 0.6 is 0 Å². The third-order valence-corrected chi connectivity index (χ3v) is 2.03. The Labute approximate surface area is 103 Å². The molecule has 0 atom stereocenters. The summed E-state index contributed by atoms with van der Waals surface area (Å²) in [4.78, 5) is 0. The van der Waals surface area contributed by atoms with Crippen molar-refractivity contribution in [3.05, 3.63) is 34.9 Å². The summed E-state index contributed by atoms with van der Waals surface area (Å²) in [6.45, 7) is 14.4. The Balaban J connectivity index is 0. The minimum atomic E-state index is 1.25. The Morgan fingerprint density at radius 3 is 1.56 bits per heavy atom. The minimum Gasteiger partial charge on any atom is -0.0683 e. The van der Waals surface area contributed by atoms with Gasteiger partial charge in [-0.05, 0) is 30.9 Å². The van der Waals surface area contributed by atoms with Crippen LogP contribution in [0.4, 0.5) is 0 Å². The Bertz CT molecular complexity index is 248. The van der Waals surface area contributed by atoms with Crippen LogP contribution in [0.3, 0.4) is 0 Å². The molecule has 1 aromatic rings. The summed E-state index contributed by atoms with van der Waals surface area (Å²) < 4.78 is 0. The zero-order valence-electron chi connectivity index (χ0n) is 12.4. The van der Waals surface area contributed by atoms with Crippen molar-refractivity contribution in [3.63, 3.8) is 0 Å². The highest BCUT2D eigenvalue weighted by atomic mass is 14.2. The van der Waals surface area contributed by atoms with Crippen LogP contribution in [-0.2, 0) is 12.8 Å². The summed E-state index contributed by atoms with van der Waals surface area (Å²) >= 11 is 0. The second-order valence-electron chi connectivity index (χ2n) is 3.48. The van der Waals surface area contributed by atoms with Gasteiger partial charge in [0.05, 0.1) is 0 Å². The number of hydrogen-bond acceptors (Lipinski definition) is 0. The van der Waals surface area contributed by atoms with E-state index in [0.29, 0.717) is 0 Å². The third-order valence-electron chi connectivity index (χ3n) is 2.03. The number of aryl methyl sites for hydroxylation is 3. The van der Waals surface area contributed by atoms with Crippen LogP contribution < -0.4 is 0 Å². The van der Waals surface area contributed by atoms with Gasteiger partial charge in [-0.15, -0.1) is 0 Å². The molecule has 0 unspecified atom stereocenters. The first-order chi connectivity index (χ1) is 7.77. The van der Waals surface area contributed by atoms with E-state index in [1.165, 1.54) is 24.8 Å². The van der Waals surface area contributed by atoms with Gasteiger partial charge in [-0.25, -0.2) is 0 Å². The standard InChI is InChI=1S/C9H10.C3H8.2C2H6/c1-7-2-3-8-4-5-9(8)6-7;1-3-2;2*1-2/h2-3,6H,4-5H2,1H3;3H2,1-2H3;2*1-2H3. The number of hydrogen-bond donors (Lipinski definition) is 0. The van der Waals surface area contributed by atoms with Crippen LogP contribution in [0, 0.1) is 6.92 Å². The summed E-state index contributed by atoms with van der Waals surface area (Å²) in [7, 11) is 0.